The number of halogens is 2. The highest BCUT2D eigenvalue weighted by Crippen LogP contribution is 2.37. The van der Waals surface area contributed by atoms with Crippen molar-refractivity contribution in [2.45, 2.75) is 38.3 Å². The highest BCUT2D eigenvalue weighted by molar-refractivity contribution is 7.18. The molecule has 2 aromatic rings. The first-order valence-electron chi connectivity index (χ1n) is 10.3. The molecule has 1 aromatic carbocycles. The smallest absolute Gasteiger partial charge is 0.326 e. The summed E-state index contributed by atoms with van der Waals surface area (Å²) in [6.07, 6.45) is 3.83. The molecule has 1 aliphatic rings. The number of carboxylic acid groups (broad SMARTS) is 1. The number of hydrogen-bond donors (Lipinski definition) is 3. The predicted molar refractivity (Wildman–Crippen MR) is 128 cm³/mol. The van der Waals surface area contributed by atoms with Gasteiger partial charge in [0.1, 0.15) is 6.04 Å². The maximum atomic E-state index is 12.6. The Morgan fingerprint density at radius 2 is 1.94 bits per heavy atom. The van der Waals surface area contributed by atoms with Crippen LogP contribution < -0.4 is 10.6 Å². The first-order valence-corrected chi connectivity index (χ1v) is 11.9. The summed E-state index contributed by atoms with van der Waals surface area (Å²) in [5, 5.41) is 17.9. The van der Waals surface area contributed by atoms with Crippen molar-refractivity contribution in [3.63, 3.8) is 0 Å². The number of likely N-dealkylation sites (tertiary alicyclic amines) is 1. The SMILES string of the molecule is CC(=O)NC(CC(=O)NC1CCN(C(=O)C=Cc2cc3ccsc3c(Cl)c2Cl)CC1)C(=O)O. The van der Waals surface area contributed by atoms with E-state index in [1.165, 1.54) is 24.3 Å². The van der Waals surface area contributed by atoms with Crippen molar-refractivity contribution >= 4 is 74.4 Å². The Morgan fingerprint density at radius 3 is 2.58 bits per heavy atom. The van der Waals surface area contributed by atoms with Gasteiger partial charge >= 0.3 is 5.97 Å². The van der Waals surface area contributed by atoms with E-state index in [2.05, 4.69) is 10.6 Å². The third-order valence-electron chi connectivity index (χ3n) is 5.29. The zero-order valence-corrected chi connectivity index (χ0v) is 20.1. The van der Waals surface area contributed by atoms with Crippen LogP contribution in [0.2, 0.25) is 10.0 Å². The second-order valence-electron chi connectivity index (χ2n) is 7.73. The van der Waals surface area contributed by atoms with Gasteiger partial charge in [-0.05, 0) is 47.4 Å². The van der Waals surface area contributed by atoms with Crippen LogP contribution in [0.25, 0.3) is 16.2 Å². The van der Waals surface area contributed by atoms with E-state index in [0.29, 0.717) is 41.5 Å². The summed E-state index contributed by atoms with van der Waals surface area (Å²) >= 11 is 14.2. The average molecular weight is 512 g/mol. The Labute approximate surface area is 204 Å². The molecule has 0 radical (unpaired) electrons. The zero-order chi connectivity index (χ0) is 24.1. The standard InChI is InChI=1S/C22H23Cl2N3O5S/c1-12(28)25-16(22(31)32)11-17(29)26-15-4-7-27(8-5-15)18(30)3-2-13-10-14-6-9-33-21(14)20(24)19(13)23/h2-3,6,9-10,15-16H,4-5,7-8,11H2,1H3,(H,25,28)(H,26,29)(H,31,32). The largest absolute Gasteiger partial charge is 0.480 e. The Bertz CT molecular complexity index is 1110. The normalized spacial score (nSPS) is 15.5. The number of carbonyl (C=O) groups is 4. The summed E-state index contributed by atoms with van der Waals surface area (Å²) in [7, 11) is 0. The molecule has 3 rings (SSSR count). The van der Waals surface area contributed by atoms with E-state index >= 15 is 0 Å². The second-order valence-corrected chi connectivity index (χ2v) is 9.40. The number of rotatable bonds is 7. The van der Waals surface area contributed by atoms with Crippen LogP contribution in [0, 0.1) is 0 Å². The molecule has 0 aliphatic carbocycles. The quantitative estimate of drug-likeness (QED) is 0.493. The highest BCUT2D eigenvalue weighted by atomic mass is 35.5. The minimum Gasteiger partial charge on any atom is -0.480 e. The molecule has 8 nitrogen and oxygen atoms in total. The Hall–Kier alpha value is -2.62. The van der Waals surface area contributed by atoms with Crippen LogP contribution in [0.1, 0.15) is 31.7 Å². The highest BCUT2D eigenvalue weighted by Gasteiger charge is 2.26. The number of hydrogen-bond acceptors (Lipinski definition) is 5. The van der Waals surface area contributed by atoms with Crippen LogP contribution in [0.15, 0.2) is 23.6 Å². The number of carboxylic acids is 1. The van der Waals surface area contributed by atoms with E-state index in [0.717, 1.165) is 10.1 Å². The van der Waals surface area contributed by atoms with Gasteiger partial charge in [0.2, 0.25) is 17.7 Å². The van der Waals surface area contributed by atoms with Gasteiger partial charge < -0.3 is 20.6 Å². The maximum absolute atomic E-state index is 12.6. The third kappa shape index (κ3) is 6.46. The number of aliphatic carboxylic acids is 1. The molecule has 0 bridgehead atoms. The fourth-order valence-electron chi connectivity index (χ4n) is 3.62. The van der Waals surface area contributed by atoms with Crippen molar-refractivity contribution in [3.05, 3.63) is 39.2 Å². The number of nitrogens with zero attached hydrogens (tertiary/aromatic N) is 1. The van der Waals surface area contributed by atoms with E-state index < -0.39 is 23.8 Å². The lowest BCUT2D eigenvalue weighted by Crippen LogP contribution is -2.48. The summed E-state index contributed by atoms with van der Waals surface area (Å²) in [5.41, 5.74) is 0.662. The van der Waals surface area contributed by atoms with E-state index in [-0.39, 0.29) is 18.4 Å². The minimum absolute atomic E-state index is 0.172. The number of benzene rings is 1. The molecule has 1 aromatic heterocycles. The molecular weight excluding hydrogens is 489 g/mol. The molecule has 3 amide bonds. The van der Waals surface area contributed by atoms with Gasteiger partial charge in [0, 0.05) is 32.1 Å². The number of amides is 3. The van der Waals surface area contributed by atoms with Crippen molar-refractivity contribution in [3.8, 4) is 0 Å². The molecule has 11 heteroatoms. The van der Waals surface area contributed by atoms with Gasteiger partial charge in [-0.15, -0.1) is 11.3 Å². The molecule has 176 valence electrons. The molecule has 0 saturated carbocycles. The molecule has 3 N–H and O–H groups in total. The summed E-state index contributed by atoms with van der Waals surface area (Å²) < 4.78 is 0.904. The monoisotopic (exact) mass is 511 g/mol. The van der Waals surface area contributed by atoms with Gasteiger partial charge in [0.25, 0.3) is 0 Å². The molecule has 1 atom stereocenters. The van der Waals surface area contributed by atoms with Gasteiger partial charge in [-0.3, -0.25) is 14.4 Å². The number of thiophene rings is 1. The average Bonchev–Trinajstić information content (AvgIpc) is 3.23. The number of piperidine rings is 1. The van der Waals surface area contributed by atoms with Crippen LogP contribution in [0.4, 0.5) is 0 Å². The van der Waals surface area contributed by atoms with E-state index in [1.807, 2.05) is 17.5 Å². The molecule has 0 spiro atoms. The first kappa shape index (κ1) is 25.0. The molecule has 1 saturated heterocycles. The minimum atomic E-state index is -1.28. The lowest BCUT2D eigenvalue weighted by Gasteiger charge is -2.32. The van der Waals surface area contributed by atoms with Gasteiger partial charge in [0.15, 0.2) is 0 Å². The van der Waals surface area contributed by atoms with E-state index in [4.69, 9.17) is 28.3 Å². The van der Waals surface area contributed by atoms with Gasteiger partial charge in [-0.2, -0.15) is 0 Å². The van der Waals surface area contributed by atoms with Crippen molar-refractivity contribution in [2.24, 2.45) is 0 Å². The van der Waals surface area contributed by atoms with Crippen molar-refractivity contribution < 1.29 is 24.3 Å². The van der Waals surface area contributed by atoms with E-state index in [1.54, 1.807) is 11.0 Å². The maximum Gasteiger partial charge on any atom is 0.326 e. The summed E-state index contributed by atoms with van der Waals surface area (Å²) in [5.74, 6) is -2.42. The van der Waals surface area contributed by atoms with Gasteiger partial charge in [0.05, 0.1) is 21.2 Å². The van der Waals surface area contributed by atoms with Gasteiger partial charge in [-0.1, -0.05) is 23.2 Å². The zero-order valence-electron chi connectivity index (χ0n) is 17.8. The fraction of sp³-hybridized carbons (Fsp3) is 0.364. The summed E-state index contributed by atoms with van der Waals surface area (Å²) in [6.45, 7) is 2.08. The Balaban J connectivity index is 1.52. The molecule has 1 aliphatic heterocycles. The van der Waals surface area contributed by atoms with Crippen LogP contribution in [-0.2, 0) is 19.2 Å². The number of nitrogens with one attached hydrogen (secondary N) is 2. The van der Waals surface area contributed by atoms with Crippen molar-refractivity contribution in [1.82, 2.24) is 15.5 Å². The Morgan fingerprint density at radius 1 is 1.24 bits per heavy atom. The fourth-order valence-corrected chi connectivity index (χ4v) is 5.06. The number of fused-ring (bicyclic) bond motifs is 1. The number of carbonyl (C=O) groups excluding carboxylic acids is 3. The molecule has 2 heterocycles. The van der Waals surface area contributed by atoms with Crippen LogP contribution in [0.3, 0.4) is 0 Å². The molecule has 1 fully saturated rings. The van der Waals surface area contributed by atoms with Gasteiger partial charge in [-0.25, -0.2) is 4.79 Å². The Kier molecular flexibility index (Phi) is 8.34. The van der Waals surface area contributed by atoms with E-state index in [9.17, 15) is 19.2 Å². The lowest BCUT2D eigenvalue weighted by molar-refractivity contribution is -0.143. The van der Waals surface area contributed by atoms with Crippen LogP contribution in [0.5, 0.6) is 0 Å². The topological polar surface area (TPSA) is 116 Å². The van der Waals surface area contributed by atoms with Crippen molar-refractivity contribution in [1.29, 1.82) is 0 Å². The summed E-state index contributed by atoms with van der Waals surface area (Å²) in [6, 6.07) is 2.38. The first-order chi connectivity index (χ1) is 15.7. The molecule has 1 unspecified atom stereocenters. The second kappa shape index (κ2) is 11.0. The van der Waals surface area contributed by atoms with Crippen LogP contribution >= 0.6 is 34.5 Å². The molecular formula is C22H23Cl2N3O5S. The third-order valence-corrected chi connectivity index (χ3v) is 7.24. The van der Waals surface area contributed by atoms with Crippen LogP contribution in [-0.4, -0.2) is 58.9 Å². The predicted octanol–water partition coefficient (Wildman–Crippen LogP) is 3.31. The summed E-state index contributed by atoms with van der Waals surface area (Å²) in [4.78, 5) is 48.7. The lowest BCUT2D eigenvalue weighted by atomic mass is 10.0. The molecule has 33 heavy (non-hydrogen) atoms. The van der Waals surface area contributed by atoms with Crippen molar-refractivity contribution in [2.75, 3.05) is 13.1 Å².